The molecular formula is C31H27ClFN3O4S2. The fraction of sp³-hybridized carbons (Fsp3) is 0.226. The third-order valence-electron chi connectivity index (χ3n) is 6.69. The van der Waals surface area contributed by atoms with Crippen LogP contribution in [-0.2, 0) is 15.3 Å². The van der Waals surface area contributed by atoms with Crippen LogP contribution >= 0.6 is 34.7 Å². The molecule has 1 amide bonds. The first-order valence-electron chi connectivity index (χ1n) is 13.4. The molecule has 7 nitrogen and oxygen atoms in total. The predicted octanol–water partition coefficient (Wildman–Crippen LogP) is 7.82. The molecule has 11 heteroatoms. The maximum absolute atomic E-state index is 13.6. The number of ether oxygens (including phenoxy) is 1. The number of Topliss-reactive ketones (excluding diaryl/α,β-unsaturated/α-hetero) is 1. The molecule has 1 aromatic heterocycles. The minimum Gasteiger partial charge on any atom is -0.507 e. The lowest BCUT2D eigenvalue weighted by molar-refractivity contribution is -0.132. The van der Waals surface area contributed by atoms with E-state index < -0.39 is 29.3 Å². The van der Waals surface area contributed by atoms with Gasteiger partial charge in [-0.05, 0) is 60.0 Å². The zero-order chi connectivity index (χ0) is 29.6. The van der Waals surface area contributed by atoms with Crippen LogP contribution < -0.4 is 9.64 Å². The Balaban J connectivity index is 1.49. The summed E-state index contributed by atoms with van der Waals surface area (Å²) in [4.78, 5) is 28.1. The Morgan fingerprint density at radius 1 is 1.05 bits per heavy atom. The number of rotatable bonds is 11. The van der Waals surface area contributed by atoms with E-state index in [4.69, 9.17) is 16.3 Å². The lowest BCUT2D eigenvalue weighted by atomic mass is 9.95. The van der Waals surface area contributed by atoms with Gasteiger partial charge in [0.1, 0.15) is 17.3 Å². The fourth-order valence-corrected chi connectivity index (χ4v) is 6.66. The number of halogens is 2. The number of aliphatic hydroxyl groups is 1. The highest BCUT2D eigenvalue weighted by molar-refractivity contribution is 8.00. The van der Waals surface area contributed by atoms with Crippen LogP contribution in [0, 0.1) is 5.82 Å². The van der Waals surface area contributed by atoms with Crippen molar-refractivity contribution in [3.05, 3.63) is 106 Å². The zero-order valence-corrected chi connectivity index (χ0v) is 25.0. The van der Waals surface area contributed by atoms with Crippen LogP contribution in [0.15, 0.2) is 82.7 Å². The number of carbonyl (C=O) groups excluding carboxylic acids is 2. The van der Waals surface area contributed by atoms with Crippen molar-refractivity contribution in [1.29, 1.82) is 0 Å². The smallest absolute Gasteiger partial charge is 0.301 e. The second-order valence-electron chi connectivity index (χ2n) is 9.53. The minimum absolute atomic E-state index is 0.122. The first-order chi connectivity index (χ1) is 20.4. The summed E-state index contributed by atoms with van der Waals surface area (Å²) in [5, 5.41) is 20.6. The Morgan fingerprint density at radius 3 is 2.50 bits per heavy atom. The number of anilines is 1. The summed E-state index contributed by atoms with van der Waals surface area (Å²) < 4.78 is 20.0. The Morgan fingerprint density at radius 2 is 1.79 bits per heavy atom. The lowest BCUT2D eigenvalue weighted by Gasteiger charge is -2.22. The SMILES string of the molecule is CCCCCOc1ccc(C2/C(=C(/O)c3ccc(F)cc3)C(=O)C(=O)N2c2nnc(SCc3ccccc3Cl)s2)cc1. The highest BCUT2D eigenvalue weighted by atomic mass is 35.5. The summed E-state index contributed by atoms with van der Waals surface area (Å²) in [6.07, 6.45) is 3.08. The molecule has 1 aliphatic rings. The number of ketones is 1. The van der Waals surface area contributed by atoms with Crippen molar-refractivity contribution in [3.8, 4) is 5.75 Å². The first-order valence-corrected chi connectivity index (χ1v) is 15.5. The number of unbranched alkanes of at least 4 members (excludes halogenated alkanes) is 2. The van der Waals surface area contributed by atoms with Crippen molar-refractivity contribution in [2.75, 3.05) is 11.5 Å². The summed E-state index contributed by atoms with van der Waals surface area (Å²) in [6, 6.07) is 18.6. The fourth-order valence-electron chi connectivity index (χ4n) is 4.51. The van der Waals surface area contributed by atoms with Crippen LogP contribution in [0.5, 0.6) is 5.75 Å². The molecule has 0 bridgehead atoms. The molecule has 0 radical (unpaired) electrons. The highest BCUT2D eigenvalue weighted by Gasteiger charge is 2.48. The molecular weight excluding hydrogens is 597 g/mol. The molecule has 1 fully saturated rings. The van der Waals surface area contributed by atoms with Gasteiger partial charge in [0.05, 0.1) is 18.2 Å². The van der Waals surface area contributed by atoms with E-state index in [1.807, 2.05) is 24.3 Å². The molecule has 216 valence electrons. The number of benzene rings is 3. The highest BCUT2D eigenvalue weighted by Crippen LogP contribution is 2.44. The van der Waals surface area contributed by atoms with Gasteiger partial charge in [0.2, 0.25) is 5.13 Å². The van der Waals surface area contributed by atoms with Crippen molar-refractivity contribution in [2.45, 2.75) is 42.3 Å². The van der Waals surface area contributed by atoms with Crippen molar-refractivity contribution in [3.63, 3.8) is 0 Å². The van der Waals surface area contributed by atoms with E-state index >= 15 is 0 Å². The Kier molecular flexibility index (Phi) is 9.56. The Bertz CT molecular complexity index is 1610. The zero-order valence-electron chi connectivity index (χ0n) is 22.6. The third-order valence-corrected chi connectivity index (χ3v) is 9.16. The molecule has 2 heterocycles. The van der Waals surface area contributed by atoms with Gasteiger partial charge in [0, 0.05) is 16.3 Å². The van der Waals surface area contributed by atoms with Crippen molar-refractivity contribution < 1.29 is 23.8 Å². The van der Waals surface area contributed by atoms with Crippen LogP contribution in [0.2, 0.25) is 5.02 Å². The largest absolute Gasteiger partial charge is 0.507 e. The van der Waals surface area contributed by atoms with Gasteiger partial charge >= 0.3 is 5.91 Å². The van der Waals surface area contributed by atoms with Gasteiger partial charge in [0.15, 0.2) is 4.34 Å². The summed E-state index contributed by atoms with van der Waals surface area (Å²) in [7, 11) is 0. The topological polar surface area (TPSA) is 92.6 Å². The van der Waals surface area contributed by atoms with Gasteiger partial charge in [0.25, 0.3) is 5.78 Å². The molecule has 1 N–H and O–H groups in total. The normalized spacial score (nSPS) is 16.3. The second-order valence-corrected chi connectivity index (χ2v) is 12.1. The van der Waals surface area contributed by atoms with Crippen LogP contribution in [0.25, 0.3) is 5.76 Å². The summed E-state index contributed by atoms with van der Waals surface area (Å²) in [6.45, 7) is 2.70. The first kappa shape index (κ1) is 29.8. The third kappa shape index (κ3) is 6.51. The number of aromatic nitrogens is 2. The van der Waals surface area contributed by atoms with Crippen LogP contribution in [-0.4, -0.2) is 33.6 Å². The number of carbonyl (C=O) groups is 2. The van der Waals surface area contributed by atoms with Gasteiger partial charge in [-0.1, -0.05) is 84.8 Å². The summed E-state index contributed by atoms with van der Waals surface area (Å²) >= 11 is 8.86. The monoisotopic (exact) mass is 623 g/mol. The van der Waals surface area contributed by atoms with Crippen molar-refractivity contribution in [2.24, 2.45) is 0 Å². The summed E-state index contributed by atoms with van der Waals surface area (Å²) in [5.41, 5.74) is 1.59. The Labute approximate surface area is 256 Å². The van der Waals surface area contributed by atoms with Crippen LogP contribution in [0.3, 0.4) is 0 Å². The van der Waals surface area contributed by atoms with E-state index in [1.165, 1.54) is 40.9 Å². The quantitative estimate of drug-likeness (QED) is 0.0455. The van der Waals surface area contributed by atoms with E-state index in [0.717, 1.165) is 36.2 Å². The van der Waals surface area contributed by atoms with E-state index in [2.05, 4.69) is 17.1 Å². The van der Waals surface area contributed by atoms with Crippen molar-refractivity contribution >= 4 is 57.3 Å². The lowest BCUT2D eigenvalue weighted by Crippen LogP contribution is -2.29. The van der Waals surface area contributed by atoms with Gasteiger partial charge < -0.3 is 9.84 Å². The van der Waals surface area contributed by atoms with Gasteiger partial charge in [-0.2, -0.15) is 0 Å². The van der Waals surface area contributed by atoms with E-state index in [-0.39, 0.29) is 16.3 Å². The Hall–Kier alpha value is -3.73. The molecule has 1 saturated heterocycles. The summed E-state index contributed by atoms with van der Waals surface area (Å²) in [5.74, 6) is -1.42. The van der Waals surface area contributed by atoms with Gasteiger partial charge in [-0.25, -0.2) is 4.39 Å². The van der Waals surface area contributed by atoms with Gasteiger partial charge in [-0.15, -0.1) is 10.2 Å². The molecule has 4 aromatic rings. The number of aliphatic hydroxyl groups excluding tert-OH is 1. The predicted molar refractivity (Wildman–Crippen MR) is 164 cm³/mol. The molecule has 0 saturated carbocycles. The van der Waals surface area contributed by atoms with Crippen LogP contribution in [0.1, 0.15) is 48.9 Å². The molecule has 1 unspecified atom stereocenters. The number of amides is 1. The molecule has 0 aliphatic carbocycles. The minimum atomic E-state index is -0.987. The molecule has 0 spiro atoms. The average molecular weight is 624 g/mol. The maximum Gasteiger partial charge on any atom is 0.301 e. The molecule has 1 atom stereocenters. The van der Waals surface area contributed by atoms with E-state index in [9.17, 15) is 19.1 Å². The number of hydrogen-bond acceptors (Lipinski definition) is 8. The van der Waals surface area contributed by atoms with E-state index in [0.29, 0.717) is 33.0 Å². The molecule has 1 aliphatic heterocycles. The molecule has 42 heavy (non-hydrogen) atoms. The average Bonchev–Trinajstić information content (AvgIpc) is 3.57. The van der Waals surface area contributed by atoms with Gasteiger partial charge in [-0.3, -0.25) is 14.5 Å². The molecule has 5 rings (SSSR count). The number of thioether (sulfide) groups is 1. The standard InChI is InChI=1S/C31H27ClFN3O4S2/c1-2-3-6-17-40-23-15-11-19(12-16-23)26-25(27(37)20-9-13-22(33)14-10-20)28(38)29(39)36(26)30-34-35-31(42-30)41-18-21-7-4-5-8-24(21)32/h4-5,7-16,26,37H,2-3,6,17-18H2,1H3/b27-25-. The number of nitrogens with zero attached hydrogens (tertiary/aromatic N) is 3. The van der Waals surface area contributed by atoms with E-state index in [1.54, 1.807) is 24.3 Å². The van der Waals surface area contributed by atoms with Crippen LogP contribution in [0.4, 0.5) is 9.52 Å². The second kappa shape index (κ2) is 13.5. The number of hydrogen-bond donors (Lipinski definition) is 1. The van der Waals surface area contributed by atoms with Crippen molar-refractivity contribution in [1.82, 2.24) is 10.2 Å². The molecule has 3 aromatic carbocycles. The maximum atomic E-state index is 13.6.